The van der Waals surface area contributed by atoms with Crippen molar-refractivity contribution in [3.63, 3.8) is 0 Å². The molecular formula is C7H6Cl5NP+. The highest BCUT2D eigenvalue weighted by Crippen LogP contribution is 2.75. The first-order valence-electron chi connectivity index (χ1n) is 3.52. The molecule has 0 amide bonds. The Labute approximate surface area is 107 Å². The van der Waals surface area contributed by atoms with Gasteiger partial charge in [-0.2, -0.15) is 0 Å². The fourth-order valence-corrected chi connectivity index (χ4v) is 1.99. The normalized spacial score (nSPS) is 13.0. The van der Waals surface area contributed by atoms with E-state index in [1.165, 1.54) is 5.82 Å². The molecule has 1 aromatic rings. The van der Waals surface area contributed by atoms with Gasteiger partial charge < -0.3 is 4.57 Å². The standard InChI is InChI=1S/C7H6Cl5NP/c8-7(9)6-2-1-3-13(6)4-5-14(10,11)12/h1-5,7H/q+1/b5-4+. The van der Waals surface area contributed by atoms with Crippen molar-refractivity contribution in [1.29, 1.82) is 0 Å². The molecule has 0 aliphatic rings. The van der Waals surface area contributed by atoms with Crippen LogP contribution in [0.1, 0.15) is 10.5 Å². The maximum absolute atomic E-state index is 5.72. The van der Waals surface area contributed by atoms with E-state index in [4.69, 9.17) is 56.9 Å². The zero-order valence-electron chi connectivity index (χ0n) is 6.75. The number of hydrogen-bond acceptors (Lipinski definition) is 0. The third-order valence-corrected chi connectivity index (χ3v) is 3.36. The van der Waals surface area contributed by atoms with Gasteiger partial charge in [-0.25, -0.2) is 0 Å². The summed E-state index contributed by atoms with van der Waals surface area (Å²) in [6.07, 6.45) is 3.43. The third kappa shape index (κ3) is 4.18. The van der Waals surface area contributed by atoms with E-state index in [1.54, 1.807) is 23.0 Å². The van der Waals surface area contributed by atoms with Crippen LogP contribution in [0.5, 0.6) is 0 Å². The first-order chi connectivity index (χ1) is 6.40. The minimum atomic E-state index is -2.48. The third-order valence-electron chi connectivity index (χ3n) is 1.43. The second kappa shape index (κ2) is 5.30. The molecule has 14 heavy (non-hydrogen) atoms. The molecule has 78 valence electrons. The van der Waals surface area contributed by atoms with E-state index < -0.39 is 10.2 Å². The second-order valence-corrected chi connectivity index (χ2v) is 11.1. The summed E-state index contributed by atoms with van der Waals surface area (Å²) in [6, 6.07) is 3.61. The molecule has 0 bridgehead atoms. The summed E-state index contributed by atoms with van der Waals surface area (Å²) in [5.41, 5.74) is 0.739. The van der Waals surface area contributed by atoms with Crippen molar-refractivity contribution < 1.29 is 0 Å². The van der Waals surface area contributed by atoms with E-state index in [0.717, 1.165) is 5.69 Å². The van der Waals surface area contributed by atoms with Crippen molar-refractivity contribution in [2.24, 2.45) is 0 Å². The van der Waals surface area contributed by atoms with Crippen LogP contribution in [0, 0.1) is 0 Å². The molecule has 0 N–H and O–H groups in total. The largest absolute Gasteiger partial charge is 0.334 e. The number of halogens is 5. The van der Waals surface area contributed by atoms with Gasteiger partial charge in [-0.05, 0) is 12.1 Å². The topological polar surface area (TPSA) is 4.93 Å². The molecule has 0 aliphatic heterocycles. The van der Waals surface area contributed by atoms with Crippen LogP contribution in [-0.2, 0) is 0 Å². The highest BCUT2D eigenvalue weighted by molar-refractivity contribution is 8.34. The summed E-state index contributed by atoms with van der Waals surface area (Å²) in [7, 11) is 0. The van der Waals surface area contributed by atoms with Gasteiger partial charge >= 0.3 is 5.32 Å². The molecule has 0 atom stereocenters. The van der Waals surface area contributed by atoms with Crippen LogP contribution in [-0.4, -0.2) is 4.57 Å². The fourth-order valence-electron chi connectivity index (χ4n) is 0.875. The lowest BCUT2D eigenvalue weighted by Crippen LogP contribution is -1.91. The maximum Gasteiger partial charge on any atom is 0.334 e. The van der Waals surface area contributed by atoms with Crippen LogP contribution in [0.25, 0.3) is 6.20 Å². The van der Waals surface area contributed by atoms with Crippen LogP contribution in [0.4, 0.5) is 0 Å². The summed E-state index contributed by atoms with van der Waals surface area (Å²) in [4.78, 5) is -0.594. The number of aromatic nitrogens is 1. The van der Waals surface area contributed by atoms with Crippen LogP contribution >= 0.6 is 62.2 Å². The Morgan fingerprint density at radius 2 is 1.93 bits per heavy atom. The van der Waals surface area contributed by atoms with Crippen molar-refractivity contribution in [1.82, 2.24) is 4.57 Å². The van der Waals surface area contributed by atoms with E-state index >= 15 is 0 Å². The number of alkyl halides is 2. The van der Waals surface area contributed by atoms with E-state index in [2.05, 4.69) is 0 Å². The lowest BCUT2D eigenvalue weighted by Gasteiger charge is -2.03. The quantitative estimate of drug-likeness (QED) is 0.486. The minimum absolute atomic E-state index is 0.594. The average molecular weight is 312 g/mol. The van der Waals surface area contributed by atoms with Gasteiger partial charge in [-0.1, -0.05) is 23.2 Å². The highest BCUT2D eigenvalue weighted by Gasteiger charge is 2.28. The molecule has 0 fully saturated rings. The van der Waals surface area contributed by atoms with Gasteiger partial charge in [0, 0.05) is 12.4 Å². The Bertz CT molecular complexity index is 327. The molecule has 0 spiro atoms. The molecule has 0 saturated carbocycles. The lowest BCUT2D eigenvalue weighted by atomic mass is 10.5. The average Bonchev–Trinajstić information content (AvgIpc) is 2.46. The van der Waals surface area contributed by atoms with Crippen LogP contribution < -0.4 is 0 Å². The lowest BCUT2D eigenvalue weighted by molar-refractivity contribution is 1.05. The first-order valence-corrected chi connectivity index (χ1v) is 8.97. The SMILES string of the molecule is ClC(Cl)c1cccn1/C=C/[P+](Cl)(Cl)Cl. The van der Waals surface area contributed by atoms with Gasteiger partial charge in [0.2, 0.25) is 0 Å². The molecule has 1 rings (SSSR count). The Morgan fingerprint density at radius 1 is 1.29 bits per heavy atom. The summed E-state index contributed by atoms with van der Waals surface area (Å²) in [5, 5.41) is -2.48. The summed E-state index contributed by atoms with van der Waals surface area (Å²) in [6.45, 7) is 0. The molecular weight excluding hydrogens is 306 g/mol. The second-order valence-electron chi connectivity index (χ2n) is 2.42. The monoisotopic (exact) mass is 310 g/mol. The molecule has 7 heteroatoms. The van der Waals surface area contributed by atoms with Crippen LogP contribution in [0.3, 0.4) is 0 Å². The van der Waals surface area contributed by atoms with E-state index in [-0.39, 0.29) is 0 Å². The first kappa shape index (κ1) is 13.0. The Balaban J connectivity index is 2.87. The molecule has 0 unspecified atom stereocenters. The summed E-state index contributed by atoms with van der Waals surface area (Å²) < 4.78 is 1.71. The van der Waals surface area contributed by atoms with Crippen LogP contribution in [0.2, 0.25) is 0 Å². The van der Waals surface area contributed by atoms with Gasteiger partial charge in [-0.3, -0.25) is 0 Å². The van der Waals surface area contributed by atoms with E-state index in [0.29, 0.717) is 0 Å². The highest BCUT2D eigenvalue weighted by atomic mass is 36.1. The zero-order valence-corrected chi connectivity index (χ0v) is 11.4. The van der Waals surface area contributed by atoms with Crippen LogP contribution in [0.15, 0.2) is 24.1 Å². The van der Waals surface area contributed by atoms with Gasteiger partial charge in [0.05, 0.1) is 5.69 Å². The molecule has 1 aromatic heterocycles. The molecule has 1 nitrogen and oxygen atoms in total. The van der Waals surface area contributed by atoms with E-state index in [1.807, 2.05) is 6.07 Å². The molecule has 0 saturated heterocycles. The number of hydrogen-bond donors (Lipinski definition) is 0. The van der Waals surface area contributed by atoms with Gasteiger partial charge in [0.15, 0.2) is 0 Å². The van der Waals surface area contributed by atoms with Gasteiger partial charge in [-0.15, -0.1) is 0 Å². The van der Waals surface area contributed by atoms with E-state index in [9.17, 15) is 0 Å². The Hall–Kier alpha value is 0.900. The molecule has 0 aromatic carbocycles. The minimum Gasteiger partial charge on any atom is -0.321 e. The van der Waals surface area contributed by atoms with Crippen molar-refractivity contribution in [3.8, 4) is 0 Å². The molecule has 0 radical (unpaired) electrons. The molecule has 0 aliphatic carbocycles. The van der Waals surface area contributed by atoms with Crippen molar-refractivity contribution >= 4 is 68.4 Å². The van der Waals surface area contributed by atoms with Gasteiger partial charge in [0.1, 0.15) is 44.4 Å². The fraction of sp³-hybridized carbons (Fsp3) is 0.143. The Kier molecular flexibility index (Phi) is 4.90. The smallest absolute Gasteiger partial charge is 0.321 e. The summed E-state index contributed by atoms with van der Waals surface area (Å²) in [5.74, 6) is 1.53. The predicted octanol–water partition coefficient (Wildman–Crippen LogP) is 5.87. The van der Waals surface area contributed by atoms with Crippen molar-refractivity contribution in [2.75, 3.05) is 0 Å². The predicted molar refractivity (Wildman–Crippen MR) is 68.7 cm³/mol. The zero-order chi connectivity index (χ0) is 10.8. The Morgan fingerprint density at radius 3 is 2.43 bits per heavy atom. The van der Waals surface area contributed by atoms with Gasteiger partial charge in [0.25, 0.3) is 0 Å². The van der Waals surface area contributed by atoms with Crippen molar-refractivity contribution in [3.05, 3.63) is 29.8 Å². The number of nitrogens with zero attached hydrogens (tertiary/aromatic N) is 1. The van der Waals surface area contributed by atoms with Crippen molar-refractivity contribution in [2.45, 2.75) is 4.84 Å². The summed E-state index contributed by atoms with van der Waals surface area (Å²) >= 11 is 28.4. The molecule has 1 heterocycles. The maximum atomic E-state index is 5.72. The number of rotatable bonds is 3.